The molecule has 0 saturated heterocycles. The zero-order chi connectivity index (χ0) is 29.8. The summed E-state index contributed by atoms with van der Waals surface area (Å²) in [6, 6.07) is 9.74. The molecule has 0 unspecified atom stereocenters. The van der Waals surface area contributed by atoms with Crippen molar-refractivity contribution in [1.29, 1.82) is 5.26 Å². The maximum Gasteiger partial charge on any atom is 0.106 e. The van der Waals surface area contributed by atoms with Crippen LogP contribution in [0.5, 0.6) is 0 Å². The molecule has 0 radical (unpaired) electrons. The Labute approximate surface area is 243 Å². The fourth-order valence-electron chi connectivity index (χ4n) is 4.95. The van der Waals surface area contributed by atoms with Crippen molar-refractivity contribution in [2.24, 2.45) is 5.41 Å². The first-order valence-corrected chi connectivity index (χ1v) is 15.9. The van der Waals surface area contributed by atoms with Crippen molar-refractivity contribution < 1.29 is 10.2 Å². The lowest BCUT2D eigenvalue weighted by Gasteiger charge is -2.37. The highest BCUT2D eigenvalue weighted by atomic mass is 32.2. The summed E-state index contributed by atoms with van der Waals surface area (Å²) < 4.78 is 0. The Bertz CT molecular complexity index is 1100. The van der Waals surface area contributed by atoms with Gasteiger partial charge in [-0.15, -0.1) is 0 Å². The number of benzene rings is 1. The third-order valence-corrected chi connectivity index (χ3v) is 7.28. The van der Waals surface area contributed by atoms with E-state index >= 15 is 0 Å². The van der Waals surface area contributed by atoms with Crippen molar-refractivity contribution in [3.8, 4) is 6.07 Å². The third-order valence-electron chi connectivity index (χ3n) is 6.70. The van der Waals surface area contributed by atoms with E-state index in [4.69, 9.17) is 10.2 Å². The SMILES string of the molecule is CC/C=C(\C)c1c([C@H](O)c2ccc(CC#N)cc2)c(C(C)C)nc2c1[C@@H](O)CC(C)(C)C2.CCC.CCSC. The fraction of sp³-hybridized carbons (Fsp3) is 0.588. The average Bonchev–Trinajstić information content (AvgIpc) is 2.87. The van der Waals surface area contributed by atoms with Gasteiger partial charge in [0.05, 0.1) is 18.6 Å². The topological polar surface area (TPSA) is 77.1 Å². The normalized spacial score (nSPS) is 16.7. The molecular formula is C34H52N2O2S. The van der Waals surface area contributed by atoms with Gasteiger partial charge in [-0.2, -0.15) is 17.0 Å². The summed E-state index contributed by atoms with van der Waals surface area (Å²) in [6.07, 6.45) is 6.75. The van der Waals surface area contributed by atoms with Crippen molar-refractivity contribution >= 4 is 17.3 Å². The fourth-order valence-corrected chi connectivity index (χ4v) is 4.95. The van der Waals surface area contributed by atoms with Gasteiger partial charge in [-0.25, -0.2) is 0 Å². The van der Waals surface area contributed by atoms with Gasteiger partial charge < -0.3 is 10.2 Å². The molecule has 0 saturated carbocycles. The van der Waals surface area contributed by atoms with E-state index in [9.17, 15) is 10.2 Å². The predicted octanol–water partition coefficient (Wildman–Crippen LogP) is 8.96. The van der Waals surface area contributed by atoms with Gasteiger partial charge in [-0.1, -0.05) is 92.2 Å². The molecule has 1 aliphatic carbocycles. The van der Waals surface area contributed by atoms with Crippen molar-refractivity contribution in [3.05, 3.63) is 69.5 Å². The van der Waals surface area contributed by atoms with Crippen LogP contribution >= 0.6 is 11.8 Å². The van der Waals surface area contributed by atoms with E-state index in [2.05, 4.69) is 80.7 Å². The minimum absolute atomic E-state index is 0.0238. The maximum absolute atomic E-state index is 11.6. The van der Waals surface area contributed by atoms with Gasteiger partial charge in [0.15, 0.2) is 0 Å². The molecule has 0 spiro atoms. The molecule has 0 amide bonds. The lowest BCUT2D eigenvalue weighted by Crippen LogP contribution is -2.29. The van der Waals surface area contributed by atoms with Crippen LogP contribution in [0.3, 0.4) is 0 Å². The van der Waals surface area contributed by atoms with Crippen LogP contribution in [0.2, 0.25) is 0 Å². The standard InChI is InChI=1S/C28H36N2O2.C3H8S.C3H8/c1-7-8-18(4)23-24-21(15-28(5,6)16-22(24)31)30-26(17(2)3)25(23)27(32)20-11-9-19(10-12-20)13-14-29;1-3-4-2;1-3-2/h8-12,17,22,27,31-32H,7,13,15-16H2,1-6H3;3H2,1-2H3;3H2,1-2H3/b18-8+;;/t22-,27+;;/m0../s1. The molecule has 0 fully saturated rings. The van der Waals surface area contributed by atoms with Crippen molar-refractivity contribution in [1.82, 2.24) is 4.98 Å². The van der Waals surface area contributed by atoms with Crippen LogP contribution in [-0.2, 0) is 12.8 Å². The molecule has 1 heterocycles. The summed E-state index contributed by atoms with van der Waals surface area (Å²) in [5.74, 6) is 1.36. The first-order valence-electron chi connectivity index (χ1n) is 14.5. The zero-order valence-electron chi connectivity index (χ0n) is 26.1. The van der Waals surface area contributed by atoms with Crippen molar-refractivity contribution in [2.45, 2.75) is 113 Å². The summed E-state index contributed by atoms with van der Waals surface area (Å²) >= 11 is 1.86. The molecule has 0 bridgehead atoms. The van der Waals surface area contributed by atoms with Crippen molar-refractivity contribution in [2.75, 3.05) is 12.0 Å². The van der Waals surface area contributed by atoms with E-state index in [0.29, 0.717) is 12.8 Å². The van der Waals surface area contributed by atoms with Crippen LogP contribution in [0.15, 0.2) is 30.3 Å². The molecule has 2 atom stereocenters. The van der Waals surface area contributed by atoms with Gasteiger partial charge in [0.1, 0.15) is 6.10 Å². The number of aliphatic hydroxyl groups is 2. The highest BCUT2D eigenvalue weighted by Gasteiger charge is 2.37. The monoisotopic (exact) mass is 552 g/mol. The van der Waals surface area contributed by atoms with Crippen molar-refractivity contribution in [3.63, 3.8) is 0 Å². The van der Waals surface area contributed by atoms with Crippen LogP contribution in [0.1, 0.15) is 139 Å². The van der Waals surface area contributed by atoms with E-state index in [1.165, 1.54) is 12.2 Å². The summed E-state index contributed by atoms with van der Waals surface area (Å²) in [4.78, 5) is 5.07. The van der Waals surface area contributed by atoms with Crippen LogP contribution in [0.25, 0.3) is 5.57 Å². The number of rotatable bonds is 7. The van der Waals surface area contributed by atoms with E-state index in [0.717, 1.165) is 57.6 Å². The second-order valence-electron chi connectivity index (χ2n) is 11.4. The second kappa shape index (κ2) is 16.9. The second-order valence-corrected chi connectivity index (χ2v) is 12.6. The highest BCUT2D eigenvalue weighted by Crippen LogP contribution is 2.47. The number of hydrogen-bond acceptors (Lipinski definition) is 5. The first-order chi connectivity index (χ1) is 18.4. The number of aliphatic hydroxyl groups excluding tert-OH is 2. The smallest absolute Gasteiger partial charge is 0.106 e. The number of hydrogen-bond donors (Lipinski definition) is 2. The summed E-state index contributed by atoms with van der Waals surface area (Å²) in [5.41, 5.74) is 7.22. The largest absolute Gasteiger partial charge is 0.388 e. The first kappa shape index (κ1) is 34.9. The Morgan fingerprint density at radius 3 is 2.21 bits per heavy atom. The molecule has 4 nitrogen and oxygen atoms in total. The Morgan fingerprint density at radius 2 is 1.74 bits per heavy atom. The molecule has 3 rings (SSSR count). The van der Waals surface area contributed by atoms with E-state index in [-0.39, 0.29) is 11.3 Å². The number of nitriles is 1. The van der Waals surface area contributed by atoms with Crippen LogP contribution in [-0.4, -0.2) is 27.2 Å². The molecular weight excluding hydrogens is 500 g/mol. The summed E-state index contributed by atoms with van der Waals surface area (Å²) in [5, 5.41) is 31.8. The summed E-state index contributed by atoms with van der Waals surface area (Å²) in [7, 11) is 0. The Morgan fingerprint density at radius 1 is 1.18 bits per heavy atom. The van der Waals surface area contributed by atoms with Gasteiger partial charge in [-0.05, 0) is 71.8 Å². The number of fused-ring (bicyclic) bond motifs is 1. The zero-order valence-corrected chi connectivity index (χ0v) is 26.9. The number of allylic oxidation sites excluding steroid dienone is 2. The summed E-state index contributed by atoms with van der Waals surface area (Å²) in [6.45, 7) is 19.1. The Kier molecular flexibility index (Phi) is 15.1. The van der Waals surface area contributed by atoms with Crippen LogP contribution in [0, 0.1) is 16.7 Å². The molecule has 1 aromatic carbocycles. The molecule has 1 aliphatic rings. The number of aromatic nitrogens is 1. The highest BCUT2D eigenvalue weighted by molar-refractivity contribution is 7.98. The average molecular weight is 553 g/mol. The molecule has 1 aromatic heterocycles. The molecule has 0 aliphatic heterocycles. The Balaban J connectivity index is 0.000000975. The van der Waals surface area contributed by atoms with E-state index in [1.54, 1.807) is 0 Å². The molecule has 5 heteroatoms. The maximum atomic E-state index is 11.6. The minimum Gasteiger partial charge on any atom is -0.388 e. The van der Waals surface area contributed by atoms with E-state index in [1.807, 2.05) is 36.0 Å². The number of thioether (sulfide) groups is 1. The van der Waals surface area contributed by atoms with Gasteiger partial charge in [-0.3, -0.25) is 4.98 Å². The third kappa shape index (κ3) is 9.78. The number of pyridine rings is 1. The quantitative estimate of drug-likeness (QED) is 0.358. The molecule has 2 aromatic rings. The van der Waals surface area contributed by atoms with E-state index < -0.39 is 12.2 Å². The van der Waals surface area contributed by atoms with Gasteiger partial charge in [0.2, 0.25) is 0 Å². The lowest BCUT2D eigenvalue weighted by molar-refractivity contribution is 0.0972. The van der Waals surface area contributed by atoms with Crippen LogP contribution in [0.4, 0.5) is 0 Å². The van der Waals surface area contributed by atoms with Crippen LogP contribution < -0.4 is 0 Å². The minimum atomic E-state index is -0.862. The van der Waals surface area contributed by atoms with Gasteiger partial charge >= 0.3 is 0 Å². The molecule has 39 heavy (non-hydrogen) atoms. The van der Waals surface area contributed by atoms with Gasteiger partial charge in [0.25, 0.3) is 0 Å². The predicted molar refractivity (Wildman–Crippen MR) is 169 cm³/mol. The van der Waals surface area contributed by atoms with Gasteiger partial charge in [0, 0.05) is 22.5 Å². The number of nitrogens with zero attached hydrogens (tertiary/aromatic N) is 2. The molecule has 2 N–H and O–H groups in total. The lowest BCUT2D eigenvalue weighted by atomic mass is 9.71. The molecule has 216 valence electrons. The Hall–Kier alpha value is -2.13.